The normalized spacial score (nSPS) is 11.9. The van der Waals surface area contributed by atoms with E-state index in [1.54, 1.807) is 0 Å². The lowest BCUT2D eigenvalue weighted by atomic mass is 10.0. The van der Waals surface area contributed by atoms with Crippen molar-refractivity contribution in [1.82, 2.24) is 5.32 Å². The van der Waals surface area contributed by atoms with Gasteiger partial charge in [-0.15, -0.1) is 0 Å². The van der Waals surface area contributed by atoms with Gasteiger partial charge in [-0.3, -0.25) is 0 Å². The molecule has 20 heavy (non-hydrogen) atoms. The van der Waals surface area contributed by atoms with Crippen molar-refractivity contribution in [2.24, 2.45) is 0 Å². The van der Waals surface area contributed by atoms with Crippen LogP contribution in [0.1, 0.15) is 40.8 Å². The van der Waals surface area contributed by atoms with E-state index < -0.39 is 0 Å². The Kier molecular flexibility index (Phi) is 4.55. The van der Waals surface area contributed by atoms with E-state index in [0.29, 0.717) is 6.04 Å². The summed E-state index contributed by atoms with van der Waals surface area (Å²) in [6.07, 6.45) is 0. The van der Waals surface area contributed by atoms with Gasteiger partial charge in [-0.2, -0.15) is 5.26 Å². The molecule has 2 rings (SSSR count). The summed E-state index contributed by atoms with van der Waals surface area (Å²) in [5, 5.41) is 12.4. The van der Waals surface area contributed by atoms with Gasteiger partial charge < -0.3 is 5.32 Å². The van der Waals surface area contributed by atoms with Gasteiger partial charge in [-0.25, -0.2) is 0 Å². The van der Waals surface area contributed by atoms with Gasteiger partial charge in [-0.05, 0) is 49.6 Å². The Morgan fingerprint density at radius 3 is 2.40 bits per heavy atom. The highest BCUT2D eigenvalue weighted by Crippen LogP contribution is 2.15. The molecule has 2 heteroatoms. The van der Waals surface area contributed by atoms with Crippen molar-refractivity contribution in [3.05, 3.63) is 70.3 Å². The summed E-state index contributed by atoms with van der Waals surface area (Å²) in [4.78, 5) is 0. The number of aryl methyl sites for hydroxylation is 2. The minimum absolute atomic E-state index is 0.311. The monoisotopic (exact) mass is 264 g/mol. The first-order valence-corrected chi connectivity index (χ1v) is 6.89. The fraction of sp³-hybridized carbons (Fsp3) is 0.278. The Bertz CT molecular complexity index is 621. The van der Waals surface area contributed by atoms with Crippen LogP contribution in [-0.4, -0.2) is 0 Å². The predicted molar refractivity (Wildman–Crippen MR) is 82.3 cm³/mol. The maximum absolute atomic E-state index is 8.88. The van der Waals surface area contributed by atoms with Gasteiger partial charge in [0.2, 0.25) is 0 Å². The molecule has 1 atom stereocenters. The van der Waals surface area contributed by atoms with Crippen LogP contribution in [0.4, 0.5) is 0 Å². The van der Waals surface area contributed by atoms with Crippen LogP contribution in [0.25, 0.3) is 0 Å². The van der Waals surface area contributed by atoms with Crippen LogP contribution in [-0.2, 0) is 6.54 Å². The molecule has 0 radical (unpaired) electrons. The first-order valence-electron chi connectivity index (χ1n) is 6.89. The standard InChI is InChI=1S/C18H20N2/c1-13-4-7-17(8-5-13)15(3)20-12-18-9-6-16(11-19)10-14(18)2/h4-10,15,20H,12H2,1-3H3. The molecule has 1 unspecified atom stereocenters. The summed E-state index contributed by atoms with van der Waals surface area (Å²) in [7, 11) is 0. The molecule has 2 nitrogen and oxygen atoms in total. The van der Waals surface area contributed by atoms with Gasteiger partial charge >= 0.3 is 0 Å². The van der Waals surface area contributed by atoms with Gasteiger partial charge in [0.05, 0.1) is 11.6 Å². The second-order valence-electron chi connectivity index (χ2n) is 5.27. The van der Waals surface area contributed by atoms with Crippen molar-refractivity contribution >= 4 is 0 Å². The van der Waals surface area contributed by atoms with Crippen molar-refractivity contribution < 1.29 is 0 Å². The van der Waals surface area contributed by atoms with Crippen LogP contribution in [0.15, 0.2) is 42.5 Å². The van der Waals surface area contributed by atoms with E-state index in [-0.39, 0.29) is 0 Å². The third-order valence-corrected chi connectivity index (χ3v) is 3.65. The van der Waals surface area contributed by atoms with Crippen molar-refractivity contribution in [3.8, 4) is 6.07 Å². The molecule has 0 aromatic heterocycles. The molecule has 2 aromatic carbocycles. The zero-order chi connectivity index (χ0) is 14.5. The van der Waals surface area contributed by atoms with E-state index in [4.69, 9.17) is 5.26 Å². The first kappa shape index (κ1) is 14.3. The molecule has 0 aliphatic carbocycles. The Labute approximate surface area is 121 Å². The quantitative estimate of drug-likeness (QED) is 0.905. The zero-order valence-corrected chi connectivity index (χ0v) is 12.3. The summed E-state index contributed by atoms with van der Waals surface area (Å²) in [5.74, 6) is 0. The van der Waals surface area contributed by atoms with E-state index in [2.05, 4.69) is 49.5 Å². The van der Waals surface area contributed by atoms with E-state index in [1.165, 1.54) is 16.7 Å². The molecule has 0 fully saturated rings. The SMILES string of the molecule is Cc1ccc(C(C)NCc2ccc(C#N)cc2C)cc1. The second kappa shape index (κ2) is 6.36. The molecule has 0 saturated carbocycles. The van der Waals surface area contributed by atoms with Crippen LogP contribution in [0.5, 0.6) is 0 Å². The molecular formula is C18H20N2. The van der Waals surface area contributed by atoms with E-state index >= 15 is 0 Å². The summed E-state index contributed by atoms with van der Waals surface area (Å²) in [6.45, 7) is 7.13. The average molecular weight is 264 g/mol. The number of nitriles is 1. The number of benzene rings is 2. The summed E-state index contributed by atoms with van der Waals surface area (Å²) < 4.78 is 0. The Balaban J connectivity index is 2.01. The van der Waals surface area contributed by atoms with Crippen molar-refractivity contribution in [1.29, 1.82) is 5.26 Å². The molecule has 0 spiro atoms. The fourth-order valence-electron chi connectivity index (χ4n) is 2.20. The van der Waals surface area contributed by atoms with Crippen LogP contribution < -0.4 is 5.32 Å². The first-order chi connectivity index (χ1) is 9.60. The number of rotatable bonds is 4. The molecule has 102 valence electrons. The molecule has 0 heterocycles. The third-order valence-electron chi connectivity index (χ3n) is 3.65. The van der Waals surface area contributed by atoms with Crippen LogP contribution in [0.3, 0.4) is 0 Å². The molecule has 0 aliphatic heterocycles. The van der Waals surface area contributed by atoms with Crippen LogP contribution >= 0.6 is 0 Å². The molecule has 0 saturated heterocycles. The highest BCUT2D eigenvalue weighted by atomic mass is 14.9. The summed E-state index contributed by atoms with van der Waals surface area (Å²) in [6, 6.07) is 16.9. The van der Waals surface area contributed by atoms with Crippen LogP contribution in [0.2, 0.25) is 0 Å². The van der Waals surface area contributed by atoms with Gasteiger partial charge in [0.25, 0.3) is 0 Å². The summed E-state index contributed by atoms with van der Waals surface area (Å²) in [5.41, 5.74) is 5.69. The number of hydrogen-bond acceptors (Lipinski definition) is 2. The van der Waals surface area contributed by atoms with Gasteiger partial charge in [0.1, 0.15) is 0 Å². The largest absolute Gasteiger partial charge is 0.306 e. The molecular weight excluding hydrogens is 244 g/mol. The lowest BCUT2D eigenvalue weighted by molar-refractivity contribution is 0.573. The fourth-order valence-corrected chi connectivity index (χ4v) is 2.20. The van der Waals surface area contributed by atoms with E-state index in [9.17, 15) is 0 Å². The Morgan fingerprint density at radius 1 is 1.10 bits per heavy atom. The van der Waals surface area contributed by atoms with Crippen LogP contribution in [0, 0.1) is 25.2 Å². The minimum atomic E-state index is 0.311. The molecule has 0 amide bonds. The highest BCUT2D eigenvalue weighted by Gasteiger charge is 2.06. The highest BCUT2D eigenvalue weighted by molar-refractivity contribution is 5.37. The maximum Gasteiger partial charge on any atom is 0.0991 e. The number of nitrogens with zero attached hydrogens (tertiary/aromatic N) is 1. The van der Waals surface area contributed by atoms with Crippen molar-refractivity contribution in [2.45, 2.75) is 33.4 Å². The number of hydrogen-bond donors (Lipinski definition) is 1. The Hall–Kier alpha value is -2.11. The van der Waals surface area contributed by atoms with E-state index in [1.807, 2.05) is 25.1 Å². The topological polar surface area (TPSA) is 35.8 Å². The smallest absolute Gasteiger partial charge is 0.0991 e. The lowest BCUT2D eigenvalue weighted by Crippen LogP contribution is -2.18. The van der Waals surface area contributed by atoms with Gasteiger partial charge in [0, 0.05) is 12.6 Å². The van der Waals surface area contributed by atoms with Gasteiger partial charge in [0.15, 0.2) is 0 Å². The third kappa shape index (κ3) is 3.46. The number of nitrogens with one attached hydrogen (secondary N) is 1. The second-order valence-corrected chi connectivity index (χ2v) is 5.27. The van der Waals surface area contributed by atoms with Crippen molar-refractivity contribution in [2.75, 3.05) is 0 Å². The molecule has 2 aromatic rings. The van der Waals surface area contributed by atoms with E-state index in [0.717, 1.165) is 17.7 Å². The summed E-state index contributed by atoms with van der Waals surface area (Å²) >= 11 is 0. The van der Waals surface area contributed by atoms with Gasteiger partial charge in [-0.1, -0.05) is 35.9 Å². The minimum Gasteiger partial charge on any atom is -0.306 e. The predicted octanol–water partition coefficient (Wildman–Crippen LogP) is 4.03. The molecule has 0 bridgehead atoms. The van der Waals surface area contributed by atoms with Crippen molar-refractivity contribution in [3.63, 3.8) is 0 Å². The lowest BCUT2D eigenvalue weighted by Gasteiger charge is -2.15. The Morgan fingerprint density at radius 2 is 1.80 bits per heavy atom. The molecule has 1 N–H and O–H groups in total. The maximum atomic E-state index is 8.88. The average Bonchev–Trinajstić information content (AvgIpc) is 2.46. The zero-order valence-electron chi connectivity index (χ0n) is 12.3. The molecule has 0 aliphatic rings.